The van der Waals surface area contributed by atoms with E-state index in [1.54, 1.807) is 0 Å². The third-order valence-electron chi connectivity index (χ3n) is 2.18. The van der Waals surface area contributed by atoms with Crippen LogP contribution in [0, 0.1) is 10.1 Å². The third-order valence-corrected chi connectivity index (χ3v) is 2.18. The fourth-order valence-corrected chi connectivity index (χ4v) is 1.47. The zero-order chi connectivity index (χ0) is 14.5. The van der Waals surface area contributed by atoms with E-state index >= 15 is 0 Å². The van der Waals surface area contributed by atoms with Crippen molar-refractivity contribution in [1.82, 2.24) is 10.3 Å². The first-order chi connectivity index (χ1) is 8.79. The summed E-state index contributed by atoms with van der Waals surface area (Å²) in [5.41, 5.74) is -0.0120. The molecule has 1 heterocycles. The van der Waals surface area contributed by atoms with Crippen molar-refractivity contribution >= 4 is 17.3 Å². The van der Waals surface area contributed by atoms with Gasteiger partial charge in [-0.2, -0.15) is 0 Å². The molecule has 0 atom stereocenters. The summed E-state index contributed by atoms with van der Waals surface area (Å²) in [6.07, 6.45) is 2.89. The number of amides is 1. The van der Waals surface area contributed by atoms with Crippen LogP contribution in [0.25, 0.3) is 0 Å². The summed E-state index contributed by atoms with van der Waals surface area (Å²) in [5.74, 6) is -0.100. The van der Waals surface area contributed by atoms with Crippen LogP contribution >= 0.6 is 0 Å². The molecule has 2 N–H and O–H groups in total. The van der Waals surface area contributed by atoms with Crippen LogP contribution in [0.15, 0.2) is 18.5 Å². The predicted octanol–water partition coefficient (Wildman–Crippen LogP) is 1.71. The molecule has 0 fully saturated rings. The van der Waals surface area contributed by atoms with Gasteiger partial charge in [0.25, 0.3) is 0 Å². The highest BCUT2D eigenvalue weighted by atomic mass is 16.6. The quantitative estimate of drug-likeness (QED) is 0.624. The highest BCUT2D eigenvalue weighted by Gasteiger charge is 2.15. The van der Waals surface area contributed by atoms with E-state index in [2.05, 4.69) is 15.6 Å². The second kappa shape index (κ2) is 6.12. The molecule has 1 amide bonds. The lowest BCUT2D eigenvalue weighted by Crippen LogP contribution is -2.41. The Balaban J connectivity index is 2.50. The lowest BCUT2D eigenvalue weighted by Gasteiger charge is -2.20. The van der Waals surface area contributed by atoms with E-state index in [-0.39, 0.29) is 23.6 Å². The Morgan fingerprint density at radius 3 is 2.74 bits per heavy atom. The molecular weight excluding hydrogens is 248 g/mol. The lowest BCUT2D eigenvalue weighted by molar-refractivity contribution is -0.384. The number of carbonyl (C=O) groups excluding carboxylic acids is 1. The molecule has 0 radical (unpaired) electrons. The minimum atomic E-state index is -0.509. The molecule has 104 valence electrons. The number of aromatic nitrogens is 1. The first-order valence-corrected chi connectivity index (χ1v) is 5.93. The minimum absolute atomic E-state index is 0.0984. The second-order valence-electron chi connectivity index (χ2n) is 5.12. The number of nitrogens with zero attached hydrogens (tertiary/aromatic N) is 2. The monoisotopic (exact) mass is 266 g/mol. The molecule has 1 aromatic heterocycles. The lowest BCUT2D eigenvalue weighted by atomic mass is 10.1. The van der Waals surface area contributed by atoms with Gasteiger partial charge >= 0.3 is 5.69 Å². The van der Waals surface area contributed by atoms with Gasteiger partial charge in [-0.05, 0) is 26.8 Å². The van der Waals surface area contributed by atoms with Crippen LogP contribution in [0.4, 0.5) is 11.4 Å². The number of nitro groups is 1. The predicted molar refractivity (Wildman–Crippen MR) is 71.9 cm³/mol. The van der Waals surface area contributed by atoms with E-state index in [1.807, 2.05) is 20.8 Å². The Labute approximate surface area is 111 Å². The van der Waals surface area contributed by atoms with Crippen molar-refractivity contribution in [2.75, 3.05) is 11.9 Å². The van der Waals surface area contributed by atoms with Crippen molar-refractivity contribution in [1.29, 1.82) is 0 Å². The van der Waals surface area contributed by atoms with Crippen LogP contribution in [0.5, 0.6) is 0 Å². The molecule has 0 aliphatic carbocycles. The molecule has 0 bridgehead atoms. The summed E-state index contributed by atoms with van der Waals surface area (Å²) in [4.78, 5) is 25.5. The fourth-order valence-electron chi connectivity index (χ4n) is 1.47. The second-order valence-corrected chi connectivity index (χ2v) is 5.12. The van der Waals surface area contributed by atoms with Crippen molar-refractivity contribution in [3.63, 3.8) is 0 Å². The molecule has 0 aliphatic heterocycles. The molecule has 1 rings (SSSR count). The van der Waals surface area contributed by atoms with Crippen LogP contribution < -0.4 is 10.6 Å². The average Bonchev–Trinajstić information content (AvgIpc) is 2.27. The first-order valence-electron chi connectivity index (χ1n) is 5.93. The van der Waals surface area contributed by atoms with Crippen LogP contribution in [-0.2, 0) is 4.79 Å². The topological polar surface area (TPSA) is 97.2 Å². The number of rotatable bonds is 5. The highest BCUT2D eigenvalue weighted by molar-refractivity contribution is 5.77. The van der Waals surface area contributed by atoms with Crippen LogP contribution in [0.3, 0.4) is 0 Å². The Hall–Kier alpha value is -2.18. The van der Waals surface area contributed by atoms with Crippen LogP contribution in [0.2, 0.25) is 0 Å². The van der Waals surface area contributed by atoms with Gasteiger partial charge in [0.2, 0.25) is 5.91 Å². The molecule has 0 saturated carbocycles. The first kappa shape index (κ1) is 14.9. The van der Waals surface area contributed by atoms with Gasteiger partial charge in [0, 0.05) is 24.7 Å². The molecule has 7 nitrogen and oxygen atoms in total. The maximum atomic E-state index is 11.6. The molecule has 0 aromatic carbocycles. The van der Waals surface area contributed by atoms with Gasteiger partial charge in [0.15, 0.2) is 0 Å². The summed E-state index contributed by atoms with van der Waals surface area (Å²) in [5, 5.41) is 16.4. The highest BCUT2D eigenvalue weighted by Crippen LogP contribution is 2.21. The third kappa shape index (κ3) is 5.33. The Morgan fingerprint density at radius 2 is 2.16 bits per heavy atom. The molecule has 0 saturated heterocycles. The standard InChI is InChI=1S/C12H18N4O3/c1-12(2,3)15-11(17)5-7-14-9-4-6-13-8-10(9)16(18)19/h4,6,8H,5,7H2,1-3H3,(H,13,14)(H,15,17). The van der Waals surface area contributed by atoms with Gasteiger partial charge < -0.3 is 10.6 Å². The minimum Gasteiger partial charge on any atom is -0.379 e. The van der Waals surface area contributed by atoms with E-state index in [9.17, 15) is 14.9 Å². The average molecular weight is 266 g/mol. The van der Waals surface area contributed by atoms with Crippen molar-refractivity contribution in [3.05, 3.63) is 28.6 Å². The van der Waals surface area contributed by atoms with Gasteiger partial charge in [-0.25, -0.2) is 0 Å². The number of hydrogen-bond donors (Lipinski definition) is 2. The van der Waals surface area contributed by atoms with Crippen molar-refractivity contribution in [2.24, 2.45) is 0 Å². The molecular formula is C12H18N4O3. The number of nitrogens with one attached hydrogen (secondary N) is 2. The van der Waals surface area contributed by atoms with E-state index < -0.39 is 4.92 Å². The SMILES string of the molecule is CC(C)(C)NC(=O)CCNc1ccncc1[N+](=O)[O-]. The van der Waals surface area contributed by atoms with Crippen molar-refractivity contribution in [2.45, 2.75) is 32.7 Å². The van der Waals surface area contributed by atoms with E-state index in [1.165, 1.54) is 18.5 Å². The van der Waals surface area contributed by atoms with Gasteiger partial charge in [0.05, 0.1) is 4.92 Å². The maximum absolute atomic E-state index is 11.6. The smallest absolute Gasteiger partial charge is 0.310 e. The molecule has 0 spiro atoms. The summed E-state index contributed by atoms with van der Waals surface area (Å²) < 4.78 is 0. The Bertz CT molecular complexity index is 468. The van der Waals surface area contributed by atoms with Crippen molar-refractivity contribution < 1.29 is 9.72 Å². The number of carbonyl (C=O) groups is 1. The van der Waals surface area contributed by atoms with Gasteiger partial charge in [-0.3, -0.25) is 19.9 Å². The Morgan fingerprint density at radius 1 is 1.47 bits per heavy atom. The van der Waals surface area contributed by atoms with E-state index in [0.29, 0.717) is 12.2 Å². The number of hydrogen-bond acceptors (Lipinski definition) is 5. The van der Waals surface area contributed by atoms with Crippen LogP contribution in [0.1, 0.15) is 27.2 Å². The van der Waals surface area contributed by atoms with E-state index in [4.69, 9.17) is 0 Å². The van der Waals surface area contributed by atoms with Crippen molar-refractivity contribution in [3.8, 4) is 0 Å². The number of pyridine rings is 1. The molecule has 19 heavy (non-hydrogen) atoms. The molecule has 1 aromatic rings. The van der Waals surface area contributed by atoms with Gasteiger partial charge in [-0.1, -0.05) is 0 Å². The molecule has 0 unspecified atom stereocenters. The number of anilines is 1. The maximum Gasteiger partial charge on any atom is 0.310 e. The largest absolute Gasteiger partial charge is 0.379 e. The van der Waals surface area contributed by atoms with Gasteiger partial charge in [-0.15, -0.1) is 0 Å². The normalized spacial score (nSPS) is 10.9. The summed E-state index contributed by atoms with van der Waals surface area (Å²) in [6.45, 7) is 6.01. The summed E-state index contributed by atoms with van der Waals surface area (Å²) in [6, 6.07) is 1.51. The van der Waals surface area contributed by atoms with Crippen LogP contribution in [-0.4, -0.2) is 27.9 Å². The van der Waals surface area contributed by atoms with Gasteiger partial charge in [0.1, 0.15) is 11.9 Å². The zero-order valence-corrected chi connectivity index (χ0v) is 11.3. The fraction of sp³-hybridized carbons (Fsp3) is 0.500. The summed E-state index contributed by atoms with van der Waals surface area (Å²) >= 11 is 0. The Kier molecular flexibility index (Phi) is 4.80. The molecule has 7 heteroatoms. The van der Waals surface area contributed by atoms with E-state index in [0.717, 1.165) is 0 Å². The summed E-state index contributed by atoms with van der Waals surface area (Å²) in [7, 11) is 0. The molecule has 0 aliphatic rings. The zero-order valence-electron chi connectivity index (χ0n) is 11.3.